The first-order chi connectivity index (χ1) is 19.2. The number of ether oxygens (including phenoxy) is 4. The van der Waals surface area contributed by atoms with Crippen molar-refractivity contribution in [2.45, 2.75) is 11.8 Å². The minimum atomic E-state index is -1.13. The van der Waals surface area contributed by atoms with Crippen LogP contribution in [0, 0.1) is 3.57 Å². The molecule has 4 rings (SSSR count). The van der Waals surface area contributed by atoms with Crippen molar-refractivity contribution in [2.75, 3.05) is 21.3 Å². The number of aromatic nitrogens is 3. The van der Waals surface area contributed by atoms with Gasteiger partial charge in [-0.25, -0.2) is 9.78 Å². The average Bonchev–Trinajstić information content (AvgIpc) is 3.41. The maximum absolute atomic E-state index is 12.1. The molecule has 40 heavy (non-hydrogen) atoms. The normalized spacial score (nSPS) is 11.3. The standard InChI is InChI=1S/C27H22Cl2IN3O6S/c1-36-18-9-16(10-19(12-18)37-2)25-31-27(33-32-25)40-23(26(34)35)8-14-6-21(30)24(22(7-14)38-3)39-13-15-4-5-17(28)11-20(15)29/h4-12H,13H2,1-3H3,(H,34,35)(H,31,32,33)/b23-8-. The van der Waals surface area contributed by atoms with Gasteiger partial charge in [0.05, 0.1) is 24.9 Å². The molecule has 208 valence electrons. The maximum Gasteiger partial charge on any atom is 0.342 e. The van der Waals surface area contributed by atoms with Crippen molar-refractivity contribution in [1.82, 2.24) is 15.2 Å². The van der Waals surface area contributed by atoms with E-state index in [0.29, 0.717) is 50.0 Å². The molecule has 13 heteroatoms. The fraction of sp³-hybridized carbons (Fsp3) is 0.148. The van der Waals surface area contributed by atoms with Crippen molar-refractivity contribution in [3.8, 4) is 34.4 Å². The summed E-state index contributed by atoms with van der Waals surface area (Å²) in [6, 6.07) is 13.9. The van der Waals surface area contributed by atoms with Crippen LogP contribution in [0.2, 0.25) is 10.0 Å². The van der Waals surface area contributed by atoms with E-state index >= 15 is 0 Å². The molecule has 0 aliphatic rings. The third kappa shape index (κ3) is 7.33. The van der Waals surface area contributed by atoms with Gasteiger partial charge in [-0.15, -0.1) is 5.10 Å². The van der Waals surface area contributed by atoms with Gasteiger partial charge in [-0.1, -0.05) is 29.3 Å². The molecule has 0 radical (unpaired) electrons. The molecule has 2 N–H and O–H groups in total. The second kappa shape index (κ2) is 13.5. The Morgan fingerprint density at radius 3 is 2.40 bits per heavy atom. The van der Waals surface area contributed by atoms with Crippen LogP contribution < -0.4 is 18.9 Å². The Morgan fingerprint density at radius 2 is 1.77 bits per heavy atom. The lowest BCUT2D eigenvalue weighted by Crippen LogP contribution is -2.01. The summed E-state index contributed by atoms with van der Waals surface area (Å²) in [7, 11) is 4.61. The van der Waals surface area contributed by atoms with Gasteiger partial charge in [-0.2, -0.15) is 0 Å². The predicted molar refractivity (Wildman–Crippen MR) is 163 cm³/mol. The van der Waals surface area contributed by atoms with E-state index in [1.807, 2.05) is 0 Å². The van der Waals surface area contributed by atoms with E-state index in [4.69, 9.17) is 42.1 Å². The highest BCUT2D eigenvalue weighted by Crippen LogP contribution is 2.37. The van der Waals surface area contributed by atoms with Gasteiger partial charge in [0.2, 0.25) is 5.16 Å². The first-order valence-corrected chi connectivity index (χ1v) is 14.1. The Labute approximate surface area is 257 Å². The zero-order chi connectivity index (χ0) is 28.8. The number of nitrogens with zero attached hydrogens (tertiary/aromatic N) is 2. The molecule has 1 heterocycles. The van der Waals surface area contributed by atoms with Crippen LogP contribution >= 0.6 is 57.6 Å². The van der Waals surface area contributed by atoms with Crippen molar-refractivity contribution >= 4 is 69.6 Å². The van der Waals surface area contributed by atoms with Gasteiger partial charge in [0.25, 0.3) is 0 Å². The summed E-state index contributed by atoms with van der Waals surface area (Å²) in [5.74, 6) is 1.40. The van der Waals surface area contributed by atoms with E-state index in [0.717, 1.165) is 20.9 Å². The third-order valence-corrected chi connectivity index (χ3v) is 7.70. The zero-order valence-electron chi connectivity index (χ0n) is 21.3. The quantitative estimate of drug-likeness (QED) is 0.0946. The first kappa shape index (κ1) is 29.8. The smallest absolute Gasteiger partial charge is 0.342 e. The highest BCUT2D eigenvalue weighted by molar-refractivity contribution is 14.1. The number of carbonyl (C=O) groups is 1. The van der Waals surface area contributed by atoms with Gasteiger partial charge < -0.3 is 24.1 Å². The van der Waals surface area contributed by atoms with Crippen LogP contribution in [0.15, 0.2) is 58.6 Å². The fourth-order valence-electron chi connectivity index (χ4n) is 3.50. The van der Waals surface area contributed by atoms with Gasteiger partial charge in [-0.05, 0) is 82.4 Å². The number of hydrogen-bond donors (Lipinski definition) is 2. The first-order valence-electron chi connectivity index (χ1n) is 11.4. The van der Waals surface area contributed by atoms with Crippen LogP contribution in [0.25, 0.3) is 17.5 Å². The van der Waals surface area contributed by atoms with E-state index in [9.17, 15) is 9.90 Å². The average molecular weight is 714 g/mol. The Morgan fingerprint density at radius 1 is 1.05 bits per heavy atom. The van der Waals surface area contributed by atoms with E-state index in [1.165, 1.54) is 13.2 Å². The monoisotopic (exact) mass is 713 g/mol. The van der Waals surface area contributed by atoms with Crippen LogP contribution in [0.3, 0.4) is 0 Å². The number of carboxylic acid groups (broad SMARTS) is 1. The number of carboxylic acids is 1. The molecule has 3 aromatic carbocycles. The summed E-state index contributed by atoms with van der Waals surface area (Å²) in [6.45, 7) is 0.195. The Balaban J connectivity index is 1.57. The molecule has 0 bridgehead atoms. The minimum Gasteiger partial charge on any atom is -0.497 e. The second-order valence-electron chi connectivity index (χ2n) is 8.04. The van der Waals surface area contributed by atoms with Crippen LogP contribution in [0.5, 0.6) is 23.0 Å². The molecule has 1 aromatic heterocycles. The molecule has 0 spiro atoms. The number of benzene rings is 3. The molecular weight excluding hydrogens is 692 g/mol. The minimum absolute atomic E-state index is 0.00763. The lowest BCUT2D eigenvalue weighted by molar-refractivity contribution is -0.131. The number of rotatable bonds is 11. The summed E-state index contributed by atoms with van der Waals surface area (Å²) in [5.41, 5.74) is 2.03. The Hall–Kier alpha value is -3.13. The van der Waals surface area contributed by atoms with Crippen molar-refractivity contribution < 1.29 is 28.8 Å². The number of thioether (sulfide) groups is 1. The van der Waals surface area contributed by atoms with Crippen molar-refractivity contribution in [3.63, 3.8) is 0 Å². The molecular formula is C27H22Cl2IN3O6S. The van der Waals surface area contributed by atoms with Gasteiger partial charge >= 0.3 is 5.97 Å². The van der Waals surface area contributed by atoms with Crippen molar-refractivity contribution in [1.29, 1.82) is 0 Å². The Kier molecular flexibility index (Phi) is 10.1. The lowest BCUT2D eigenvalue weighted by atomic mass is 10.2. The van der Waals surface area contributed by atoms with Gasteiger partial charge in [0.1, 0.15) is 23.0 Å². The van der Waals surface area contributed by atoms with Crippen LogP contribution in [0.4, 0.5) is 0 Å². The van der Waals surface area contributed by atoms with E-state index in [2.05, 4.69) is 37.8 Å². The van der Waals surface area contributed by atoms with Crippen LogP contribution in [-0.4, -0.2) is 47.6 Å². The third-order valence-electron chi connectivity index (χ3n) is 5.44. The number of aliphatic carboxylic acids is 1. The van der Waals surface area contributed by atoms with Crippen molar-refractivity contribution in [2.24, 2.45) is 0 Å². The fourth-order valence-corrected chi connectivity index (χ4v) is 5.45. The van der Waals surface area contributed by atoms with E-state index in [1.54, 1.807) is 62.8 Å². The SMILES string of the molecule is COc1cc(OC)cc(-c2nc(S/C(=C\c3cc(I)c(OCc4ccc(Cl)cc4Cl)c(OC)c3)C(=O)O)n[nH]2)c1. The number of hydrogen-bond acceptors (Lipinski definition) is 8. The van der Waals surface area contributed by atoms with Gasteiger partial charge in [0.15, 0.2) is 17.3 Å². The summed E-state index contributed by atoms with van der Waals surface area (Å²) >= 11 is 15.3. The molecule has 0 fully saturated rings. The second-order valence-corrected chi connectivity index (χ2v) is 11.1. The topological polar surface area (TPSA) is 116 Å². The predicted octanol–water partition coefficient (Wildman–Crippen LogP) is 7.21. The molecule has 0 atom stereocenters. The summed E-state index contributed by atoms with van der Waals surface area (Å²) < 4.78 is 22.9. The van der Waals surface area contributed by atoms with Crippen LogP contribution in [0.1, 0.15) is 11.1 Å². The summed E-state index contributed by atoms with van der Waals surface area (Å²) in [6.07, 6.45) is 1.52. The van der Waals surface area contributed by atoms with E-state index in [-0.39, 0.29) is 16.7 Å². The number of H-pyrrole nitrogens is 1. The lowest BCUT2D eigenvalue weighted by Gasteiger charge is -2.14. The molecule has 4 aromatic rings. The molecule has 0 aliphatic heterocycles. The number of methoxy groups -OCH3 is 3. The Bertz CT molecular complexity index is 1560. The van der Waals surface area contributed by atoms with Gasteiger partial charge in [0, 0.05) is 27.2 Å². The molecule has 0 amide bonds. The summed E-state index contributed by atoms with van der Waals surface area (Å²) in [4.78, 5) is 16.6. The highest BCUT2D eigenvalue weighted by atomic mass is 127. The van der Waals surface area contributed by atoms with Gasteiger partial charge in [-0.3, -0.25) is 5.10 Å². The molecule has 0 aliphatic carbocycles. The largest absolute Gasteiger partial charge is 0.497 e. The van der Waals surface area contributed by atoms with E-state index < -0.39 is 5.97 Å². The molecule has 0 unspecified atom stereocenters. The highest BCUT2D eigenvalue weighted by Gasteiger charge is 2.18. The summed E-state index contributed by atoms with van der Waals surface area (Å²) in [5, 5.41) is 18.2. The molecule has 0 saturated heterocycles. The zero-order valence-corrected chi connectivity index (χ0v) is 25.8. The number of aromatic amines is 1. The number of halogens is 3. The molecule has 9 nitrogen and oxygen atoms in total. The van der Waals surface area contributed by atoms with Crippen LogP contribution in [-0.2, 0) is 11.4 Å². The number of nitrogens with one attached hydrogen (secondary N) is 1. The molecule has 0 saturated carbocycles. The van der Waals surface area contributed by atoms with Crippen molar-refractivity contribution in [3.05, 3.63) is 78.2 Å². The maximum atomic E-state index is 12.1.